The van der Waals surface area contributed by atoms with Crippen LogP contribution < -0.4 is 0 Å². The fourth-order valence-electron chi connectivity index (χ4n) is 6.20. The first-order valence-electron chi connectivity index (χ1n) is 19.5. The molecule has 44 heavy (non-hydrogen) atoms. The lowest BCUT2D eigenvalue weighted by molar-refractivity contribution is 0.157. The van der Waals surface area contributed by atoms with Crippen molar-refractivity contribution < 1.29 is 0 Å². The van der Waals surface area contributed by atoms with Gasteiger partial charge in [-0.25, -0.2) is 0 Å². The van der Waals surface area contributed by atoms with Crippen LogP contribution in [-0.2, 0) is 0 Å². The zero-order valence-corrected chi connectivity index (χ0v) is 36.2. The zero-order chi connectivity index (χ0) is 36.2. The minimum Gasteiger partial charge on any atom is -0.0628 e. The molecule has 0 heterocycles. The van der Waals surface area contributed by atoms with E-state index in [0.29, 0.717) is 10.8 Å². The Balaban J connectivity index is -0.000000247. The molecule has 4 atom stereocenters. The molecule has 0 N–H and O–H groups in total. The molecular weight excluding hydrogens is 528 g/mol. The summed E-state index contributed by atoms with van der Waals surface area (Å²) >= 11 is 0. The summed E-state index contributed by atoms with van der Waals surface area (Å²) in [5.74, 6) is 10.4. The van der Waals surface area contributed by atoms with E-state index >= 15 is 0 Å². The van der Waals surface area contributed by atoms with E-state index in [9.17, 15) is 0 Å². The van der Waals surface area contributed by atoms with Crippen LogP contribution in [0.25, 0.3) is 0 Å². The average molecular weight is 625 g/mol. The van der Waals surface area contributed by atoms with Gasteiger partial charge in [-0.2, -0.15) is 0 Å². The maximum atomic E-state index is 2.40. The first-order chi connectivity index (χ1) is 19.5. The van der Waals surface area contributed by atoms with E-state index in [-0.39, 0.29) is 0 Å². The molecule has 0 aromatic rings. The Morgan fingerprint density at radius 2 is 0.500 bits per heavy atom. The fraction of sp³-hybridized carbons (Fsp3) is 1.00. The van der Waals surface area contributed by atoms with Crippen LogP contribution in [0.1, 0.15) is 205 Å². The quantitative estimate of drug-likeness (QED) is 0.180. The van der Waals surface area contributed by atoms with Crippen LogP contribution in [0.4, 0.5) is 0 Å². The van der Waals surface area contributed by atoms with Crippen molar-refractivity contribution in [2.45, 2.75) is 205 Å². The van der Waals surface area contributed by atoms with Crippen molar-refractivity contribution in [3.8, 4) is 0 Å². The standard InChI is InChI=1S/2C13H28.C10H22.C8H18/c1-10(12(3,4)5)9-11(2)13(6,7)8;1-10(2)7-12(5)9-13(6)8-11(3)4;1-8(2)6-10(5)7-9(3)4;1-6(2)8(5)7(3)4/h10-11H,9H2,1-8H3;10-13H,7-9H2,1-6H3;8-10H,6-7H2,1-5H3;6-8H,1-5H3. The fourth-order valence-corrected chi connectivity index (χ4v) is 6.20. The van der Waals surface area contributed by atoms with Gasteiger partial charge in [-0.3, -0.25) is 0 Å². The van der Waals surface area contributed by atoms with Gasteiger partial charge in [0.15, 0.2) is 0 Å². The highest BCUT2D eigenvalue weighted by molar-refractivity contribution is 4.77. The second-order valence-corrected chi connectivity index (χ2v) is 20.2. The van der Waals surface area contributed by atoms with Crippen molar-refractivity contribution in [2.24, 2.45) is 81.8 Å². The predicted octanol–water partition coefficient (Wildman–Crippen LogP) is 16.1. The second kappa shape index (κ2) is 26.0. The van der Waals surface area contributed by atoms with E-state index in [1.807, 2.05) is 0 Å². The molecule has 0 aromatic heterocycles. The third kappa shape index (κ3) is 36.5. The van der Waals surface area contributed by atoms with Gasteiger partial charge in [0.2, 0.25) is 0 Å². The number of hydrogen-bond donors (Lipinski definition) is 0. The van der Waals surface area contributed by atoms with E-state index in [2.05, 4.69) is 166 Å². The Hall–Kier alpha value is 0. The van der Waals surface area contributed by atoms with Crippen LogP contribution >= 0.6 is 0 Å². The topological polar surface area (TPSA) is 0 Å². The summed E-state index contributed by atoms with van der Waals surface area (Å²) in [5.41, 5.74) is 0.916. The van der Waals surface area contributed by atoms with Crippen molar-refractivity contribution in [3.63, 3.8) is 0 Å². The van der Waals surface area contributed by atoms with Crippen molar-refractivity contribution in [1.29, 1.82) is 0 Å². The molecule has 0 fully saturated rings. The van der Waals surface area contributed by atoms with Gasteiger partial charge in [0.05, 0.1) is 0 Å². The SMILES string of the molecule is CC(C)C(C)C(C)C.CC(C)CC(C)CC(C)C.CC(C)CC(C)CC(C)CC(C)C.CC(CC(C)C(C)(C)C)C(C)(C)C. The molecule has 0 amide bonds. The lowest BCUT2D eigenvalue weighted by Crippen LogP contribution is -2.25. The van der Waals surface area contributed by atoms with E-state index in [1.165, 1.54) is 38.5 Å². The molecule has 0 rings (SSSR count). The normalized spacial score (nSPS) is 15.3. The van der Waals surface area contributed by atoms with E-state index < -0.39 is 0 Å². The molecule has 0 aliphatic rings. The molecule has 4 unspecified atom stereocenters. The van der Waals surface area contributed by atoms with Crippen molar-refractivity contribution in [3.05, 3.63) is 0 Å². The molecule has 0 saturated carbocycles. The maximum absolute atomic E-state index is 2.40. The first-order valence-corrected chi connectivity index (χ1v) is 19.5. The minimum atomic E-state index is 0.458. The van der Waals surface area contributed by atoms with E-state index in [0.717, 1.165) is 71.0 Å². The van der Waals surface area contributed by atoms with Crippen LogP contribution in [0.2, 0.25) is 0 Å². The minimum absolute atomic E-state index is 0.458. The van der Waals surface area contributed by atoms with Crippen molar-refractivity contribution in [2.75, 3.05) is 0 Å². The molecule has 0 aliphatic carbocycles. The Morgan fingerprint density at radius 3 is 0.636 bits per heavy atom. The van der Waals surface area contributed by atoms with Gasteiger partial charge >= 0.3 is 0 Å². The van der Waals surface area contributed by atoms with E-state index in [1.54, 1.807) is 0 Å². The average Bonchev–Trinajstić information content (AvgIpc) is 2.75. The second-order valence-electron chi connectivity index (χ2n) is 20.2. The Kier molecular flexibility index (Phi) is 30.1. The van der Waals surface area contributed by atoms with Crippen LogP contribution in [0.3, 0.4) is 0 Å². The van der Waals surface area contributed by atoms with Gasteiger partial charge < -0.3 is 0 Å². The van der Waals surface area contributed by atoms with Crippen LogP contribution in [0.15, 0.2) is 0 Å². The maximum Gasteiger partial charge on any atom is -0.0357 e. The summed E-state index contributed by atoms with van der Waals surface area (Å²) in [6, 6.07) is 0. The Morgan fingerprint density at radius 1 is 0.295 bits per heavy atom. The number of hydrogen-bond acceptors (Lipinski definition) is 0. The molecule has 0 aliphatic heterocycles. The Bertz CT molecular complexity index is 541. The summed E-state index contributed by atoms with van der Waals surface area (Å²) in [4.78, 5) is 0. The summed E-state index contributed by atoms with van der Waals surface area (Å²) in [6.07, 6.45) is 8.31. The third-order valence-electron chi connectivity index (χ3n) is 10.1. The van der Waals surface area contributed by atoms with Crippen molar-refractivity contribution in [1.82, 2.24) is 0 Å². The van der Waals surface area contributed by atoms with Crippen LogP contribution in [0, 0.1) is 81.8 Å². The molecule has 0 heteroatoms. The molecule has 0 spiro atoms. The summed E-state index contributed by atoms with van der Waals surface area (Å²) < 4.78 is 0. The van der Waals surface area contributed by atoms with Crippen LogP contribution in [-0.4, -0.2) is 0 Å². The lowest BCUT2D eigenvalue weighted by Gasteiger charge is -2.35. The van der Waals surface area contributed by atoms with Gasteiger partial charge in [-0.05, 0) is 120 Å². The predicted molar refractivity (Wildman–Crippen MR) is 211 cm³/mol. The van der Waals surface area contributed by atoms with Gasteiger partial charge in [-0.1, -0.05) is 166 Å². The smallest absolute Gasteiger partial charge is 0.0357 e. The highest BCUT2D eigenvalue weighted by atomic mass is 14.3. The molecule has 272 valence electrons. The van der Waals surface area contributed by atoms with Gasteiger partial charge in [-0.15, -0.1) is 0 Å². The zero-order valence-electron chi connectivity index (χ0n) is 36.2. The van der Waals surface area contributed by atoms with Crippen molar-refractivity contribution >= 4 is 0 Å². The molecule has 0 nitrogen and oxygen atoms in total. The van der Waals surface area contributed by atoms with E-state index in [4.69, 9.17) is 0 Å². The van der Waals surface area contributed by atoms with Crippen LogP contribution in [0.5, 0.6) is 0 Å². The third-order valence-corrected chi connectivity index (χ3v) is 10.1. The molecule has 0 aromatic carbocycles. The largest absolute Gasteiger partial charge is 0.0628 e. The van der Waals surface area contributed by atoms with Gasteiger partial charge in [0.25, 0.3) is 0 Å². The Labute approximate surface area is 285 Å². The molecule has 0 bridgehead atoms. The van der Waals surface area contributed by atoms with Gasteiger partial charge in [0.1, 0.15) is 0 Å². The monoisotopic (exact) mass is 625 g/mol. The summed E-state index contributed by atoms with van der Waals surface area (Å²) in [5, 5.41) is 0. The highest BCUT2D eigenvalue weighted by Crippen LogP contribution is 2.37. The summed E-state index contributed by atoms with van der Waals surface area (Å²) in [6.45, 7) is 55.9. The number of rotatable bonds is 14. The highest BCUT2D eigenvalue weighted by Gasteiger charge is 2.27. The summed E-state index contributed by atoms with van der Waals surface area (Å²) in [7, 11) is 0. The van der Waals surface area contributed by atoms with Gasteiger partial charge in [0, 0.05) is 0 Å². The lowest BCUT2D eigenvalue weighted by atomic mass is 9.71. The molecule has 0 saturated heterocycles. The first kappa shape index (κ1) is 50.8. The molecular formula is C44H96. The molecule has 0 radical (unpaired) electrons.